The minimum absolute atomic E-state index is 0.214. The molecule has 0 bridgehead atoms. The van der Waals surface area contributed by atoms with Crippen LogP contribution in [0.2, 0.25) is 0 Å². The molecule has 0 aromatic carbocycles. The summed E-state index contributed by atoms with van der Waals surface area (Å²) in [5.74, 6) is 0. The van der Waals surface area contributed by atoms with Crippen LogP contribution in [0.3, 0.4) is 0 Å². The average Bonchev–Trinajstić information content (AvgIpc) is 2.84. The van der Waals surface area contributed by atoms with Gasteiger partial charge in [-0.15, -0.1) is 11.3 Å². The van der Waals surface area contributed by atoms with Crippen LogP contribution in [0.1, 0.15) is 16.1 Å². The second-order valence-electron chi connectivity index (χ2n) is 3.88. The maximum atomic E-state index is 10.5. The minimum Gasteiger partial charge on any atom is -0.393 e. The molecule has 0 aliphatic carbocycles. The number of aldehydes is 1. The summed E-state index contributed by atoms with van der Waals surface area (Å²) in [7, 11) is 0. The zero-order chi connectivity index (χ0) is 10.9. The first kappa shape index (κ1) is 10.6. The number of aliphatic hydroxyl groups excluding tert-OH is 1. The van der Waals surface area contributed by atoms with Crippen molar-refractivity contribution in [2.75, 3.05) is 24.6 Å². The molecule has 1 fully saturated rings. The molecule has 2 N–H and O–H groups in total. The van der Waals surface area contributed by atoms with E-state index in [1.807, 2.05) is 10.3 Å². The van der Waals surface area contributed by atoms with E-state index in [1.165, 1.54) is 11.3 Å². The van der Waals surface area contributed by atoms with Gasteiger partial charge in [-0.3, -0.25) is 4.79 Å². The van der Waals surface area contributed by atoms with E-state index in [0.29, 0.717) is 24.4 Å². The molecular weight excluding hydrogens is 214 g/mol. The molecule has 1 aliphatic rings. The molecule has 0 amide bonds. The molecule has 1 aliphatic heterocycles. The third-order valence-electron chi connectivity index (χ3n) is 2.71. The molecule has 2 heterocycles. The molecule has 0 saturated carbocycles. The first-order valence-corrected chi connectivity index (χ1v) is 5.67. The number of aliphatic hydroxyl groups is 2. The van der Waals surface area contributed by atoms with Crippen molar-refractivity contribution in [1.82, 2.24) is 0 Å². The average molecular weight is 227 g/mol. The lowest BCUT2D eigenvalue weighted by atomic mass is 10.1. The number of rotatable bonds is 3. The largest absolute Gasteiger partial charge is 0.393 e. The van der Waals surface area contributed by atoms with Crippen LogP contribution in [-0.2, 0) is 0 Å². The van der Waals surface area contributed by atoms with Crippen molar-refractivity contribution in [1.29, 1.82) is 0 Å². The molecule has 0 radical (unpaired) electrons. The predicted molar refractivity (Wildman–Crippen MR) is 58.6 cm³/mol. The summed E-state index contributed by atoms with van der Waals surface area (Å²) in [5, 5.41) is 20.7. The molecule has 1 saturated heterocycles. The summed E-state index contributed by atoms with van der Waals surface area (Å²) >= 11 is 1.39. The van der Waals surface area contributed by atoms with Crippen LogP contribution >= 0.6 is 11.3 Å². The van der Waals surface area contributed by atoms with Crippen LogP contribution in [-0.4, -0.2) is 41.8 Å². The van der Waals surface area contributed by atoms with Crippen LogP contribution in [0.5, 0.6) is 0 Å². The van der Waals surface area contributed by atoms with Crippen molar-refractivity contribution < 1.29 is 15.0 Å². The van der Waals surface area contributed by atoms with E-state index in [1.54, 1.807) is 6.07 Å². The van der Waals surface area contributed by atoms with Crippen molar-refractivity contribution >= 4 is 23.3 Å². The van der Waals surface area contributed by atoms with Crippen LogP contribution in [0, 0.1) is 0 Å². The highest BCUT2D eigenvalue weighted by molar-refractivity contribution is 7.12. The van der Waals surface area contributed by atoms with Gasteiger partial charge in [0.1, 0.15) is 5.60 Å². The Balaban J connectivity index is 2.10. The Morgan fingerprint density at radius 3 is 3.00 bits per heavy atom. The van der Waals surface area contributed by atoms with Crippen molar-refractivity contribution in [3.63, 3.8) is 0 Å². The second-order valence-corrected chi connectivity index (χ2v) is 4.82. The fourth-order valence-electron chi connectivity index (χ4n) is 1.78. The molecule has 1 unspecified atom stereocenters. The lowest BCUT2D eigenvalue weighted by Gasteiger charge is -2.21. The van der Waals surface area contributed by atoms with Gasteiger partial charge in [-0.2, -0.15) is 0 Å². The molecule has 1 atom stereocenters. The summed E-state index contributed by atoms with van der Waals surface area (Å²) in [6.45, 7) is 0.929. The third kappa shape index (κ3) is 2.04. The highest BCUT2D eigenvalue weighted by Gasteiger charge is 2.35. The fraction of sp³-hybridized carbons (Fsp3) is 0.500. The van der Waals surface area contributed by atoms with Gasteiger partial charge in [0, 0.05) is 24.2 Å². The molecule has 5 heteroatoms. The Morgan fingerprint density at radius 2 is 2.47 bits per heavy atom. The smallest absolute Gasteiger partial charge is 0.160 e. The van der Waals surface area contributed by atoms with Gasteiger partial charge in [-0.1, -0.05) is 0 Å². The van der Waals surface area contributed by atoms with Crippen LogP contribution in [0.25, 0.3) is 0 Å². The van der Waals surface area contributed by atoms with Crippen LogP contribution < -0.4 is 4.90 Å². The van der Waals surface area contributed by atoms with Gasteiger partial charge in [-0.05, 0) is 12.5 Å². The molecule has 0 spiro atoms. The summed E-state index contributed by atoms with van der Waals surface area (Å²) in [6.07, 6.45) is 1.39. The quantitative estimate of drug-likeness (QED) is 0.738. The predicted octanol–water partition coefficient (Wildman–Crippen LogP) is 0.494. The van der Waals surface area contributed by atoms with E-state index in [0.717, 1.165) is 12.0 Å². The van der Waals surface area contributed by atoms with Gasteiger partial charge < -0.3 is 15.1 Å². The second kappa shape index (κ2) is 3.92. The Kier molecular flexibility index (Phi) is 2.77. The Bertz CT molecular complexity index is 365. The fourth-order valence-corrected chi connectivity index (χ4v) is 2.49. The van der Waals surface area contributed by atoms with Crippen molar-refractivity contribution in [3.05, 3.63) is 16.3 Å². The SMILES string of the molecule is O=Cc1cc(N2CCC(O)(CO)C2)cs1. The first-order chi connectivity index (χ1) is 7.17. The summed E-state index contributed by atoms with van der Waals surface area (Å²) in [4.78, 5) is 13.2. The molecule has 1 aromatic rings. The number of hydrogen-bond acceptors (Lipinski definition) is 5. The van der Waals surface area contributed by atoms with Crippen LogP contribution in [0.15, 0.2) is 11.4 Å². The summed E-state index contributed by atoms with van der Waals surface area (Å²) in [6, 6.07) is 1.81. The van der Waals surface area contributed by atoms with Gasteiger partial charge in [0.15, 0.2) is 6.29 Å². The molecular formula is C10H13NO3S. The number of carbonyl (C=O) groups is 1. The summed E-state index contributed by atoms with van der Waals surface area (Å²) < 4.78 is 0. The Morgan fingerprint density at radius 1 is 1.67 bits per heavy atom. The first-order valence-electron chi connectivity index (χ1n) is 4.79. The van der Waals surface area contributed by atoms with Crippen molar-refractivity contribution in [3.8, 4) is 0 Å². The lowest BCUT2D eigenvalue weighted by Crippen LogP contribution is -2.36. The number of nitrogens with zero attached hydrogens (tertiary/aromatic N) is 1. The van der Waals surface area contributed by atoms with E-state index in [2.05, 4.69) is 0 Å². The maximum Gasteiger partial charge on any atom is 0.160 e. The summed E-state index contributed by atoms with van der Waals surface area (Å²) in [5.41, 5.74) is -0.0324. The Labute approximate surface area is 91.8 Å². The number of anilines is 1. The molecule has 82 valence electrons. The molecule has 4 nitrogen and oxygen atoms in total. The minimum atomic E-state index is -0.983. The number of β-amino-alcohol motifs (C(OH)–C–C–N with tert-alkyl or cyclic N) is 1. The van der Waals surface area contributed by atoms with E-state index in [-0.39, 0.29) is 6.61 Å². The van der Waals surface area contributed by atoms with Gasteiger partial charge in [0.05, 0.1) is 11.5 Å². The van der Waals surface area contributed by atoms with Crippen molar-refractivity contribution in [2.24, 2.45) is 0 Å². The molecule has 2 rings (SSSR count). The maximum absolute atomic E-state index is 10.5. The highest BCUT2D eigenvalue weighted by atomic mass is 32.1. The third-order valence-corrected chi connectivity index (χ3v) is 3.56. The Hall–Kier alpha value is -0.910. The van der Waals surface area contributed by atoms with Gasteiger partial charge >= 0.3 is 0 Å². The number of hydrogen-bond donors (Lipinski definition) is 2. The van der Waals surface area contributed by atoms with Gasteiger partial charge in [0.25, 0.3) is 0 Å². The zero-order valence-corrected chi connectivity index (χ0v) is 9.04. The number of thiophene rings is 1. The topological polar surface area (TPSA) is 60.8 Å². The standard InChI is InChI=1S/C10H13NO3S/c12-4-9-3-8(5-15-9)11-2-1-10(14,6-11)7-13/h3-5,13-14H,1-2,6-7H2. The van der Waals surface area contributed by atoms with Crippen LogP contribution in [0.4, 0.5) is 5.69 Å². The van der Waals surface area contributed by atoms with Gasteiger partial charge in [0.2, 0.25) is 0 Å². The van der Waals surface area contributed by atoms with E-state index < -0.39 is 5.60 Å². The molecule has 1 aromatic heterocycles. The van der Waals surface area contributed by atoms with E-state index >= 15 is 0 Å². The van der Waals surface area contributed by atoms with Crippen molar-refractivity contribution in [2.45, 2.75) is 12.0 Å². The number of carbonyl (C=O) groups excluding carboxylic acids is 1. The molecule has 15 heavy (non-hydrogen) atoms. The zero-order valence-electron chi connectivity index (χ0n) is 8.22. The van der Waals surface area contributed by atoms with Gasteiger partial charge in [-0.25, -0.2) is 0 Å². The lowest BCUT2D eigenvalue weighted by molar-refractivity contribution is 0.00477. The monoisotopic (exact) mass is 227 g/mol. The van der Waals surface area contributed by atoms with E-state index in [4.69, 9.17) is 5.11 Å². The van der Waals surface area contributed by atoms with E-state index in [9.17, 15) is 9.90 Å². The highest BCUT2D eigenvalue weighted by Crippen LogP contribution is 2.29. The normalized spacial score (nSPS) is 25.9.